The molecule has 0 aliphatic carbocycles. The van der Waals surface area contributed by atoms with Crippen molar-refractivity contribution in [1.29, 1.82) is 0 Å². The van der Waals surface area contributed by atoms with E-state index in [9.17, 15) is 4.79 Å². The van der Waals surface area contributed by atoms with Crippen molar-refractivity contribution in [2.45, 2.75) is 18.9 Å². The average Bonchev–Trinajstić information content (AvgIpc) is 2.83. The first-order chi connectivity index (χ1) is 15.3. The van der Waals surface area contributed by atoms with Crippen molar-refractivity contribution in [2.75, 3.05) is 32.7 Å². The van der Waals surface area contributed by atoms with Crippen molar-refractivity contribution < 1.29 is 4.79 Å². The molecular formula is C26H30N4O. The van der Waals surface area contributed by atoms with E-state index in [-0.39, 0.29) is 5.91 Å². The van der Waals surface area contributed by atoms with Gasteiger partial charge in [0.25, 0.3) is 0 Å². The number of nitrogens with one attached hydrogen (secondary N) is 2. The Bertz CT molecular complexity index is 1010. The maximum Gasteiger partial charge on any atom is 0.243 e. The number of fused-ring (bicyclic) bond motifs is 1. The van der Waals surface area contributed by atoms with Crippen molar-refractivity contribution in [3.63, 3.8) is 0 Å². The lowest BCUT2D eigenvalue weighted by Gasteiger charge is -2.37. The highest BCUT2D eigenvalue weighted by Crippen LogP contribution is 2.29. The van der Waals surface area contributed by atoms with Gasteiger partial charge in [-0.1, -0.05) is 48.5 Å². The second kappa shape index (κ2) is 10.8. The molecule has 1 aliphatic heterocycles. The fraction of sp³-hybridized carbons (Fsp3) is 0.308. The molecule has 31 heavy (non-hydrogen) atoms. The molecule has 3 aromatic rings. The first kappa shape index (κ1) is 21.2. The molecule has 2 aromatic carbocycles. The predicted octanol–water partition coefficient (Wildman–Crippen LogP) is 3.79. The monoisotopic (exact) mass is 414 g/mol. The highest BCUT2D eigenvalue weighted by atomic mass is 16.1. The molecule has 1 aliphatic rings. The third-order valence-electron chi connectivity index (χ3n) is 5.82. The van der Waals surface area contributed by atoms with Gasteiger partial charge in [0.05, 0.1) is 0 Å². The van der Waals surface area contributed by atoms with E-state index in [0.717, 1.165) is 44.6 Å². The lowest BCUT2D eigenvalue weighted by molar-refractivity contribution is -0.116. The Kier molecular flexibility index (Phi) is 7.42. The largest absolute Gasteiger partial charge is 0.353 e. The number of amides is 1. The minimum atomic E-state index is -0.0559. The molecule has 5 nitrogen and oxygen atoms in total. The zero-order chi connectivity index (χ0) is 21.3. The van der Waals surface area contributed by atoms with E-state index >= 15 is 0 Å². The van der Waals surface area contributed by atoms with Crippen LogP contribution >= 0.6 is 0 Å². The van der Waals surface area contributed by atoms with Crippen LogP contribution < -0.4 is 10.6 Å². The van der Waals surface area contributed by atoms with Gasteiger partial charge in [0, 0.05) is 50.7 Å². The molecule has 1 saturated heterocycles. The number of carbonyl (C=O) groups excluding carboxylic acids is 1. The van der Waals surface area contributed by atoms with E-state index in [1.165, 1.54) is 16.3 Å². The van der Waals surface area contributed by atoms with Crippen molar-refractivity contribution in [3.8, 4) is 0 Å². The number of pyridine rings is 1. The number of rotatable bonds is 8. The summed E-state index contributed by atoms with van der Waals surface area (Å²) >= 11 is 0. The number of hydrogen-bond donors (Lipinski definition) is 2. The lowest BCUT2D eigenvalue weighted by atomic mass is 9.96. The van der Waals surface area contributed by atoms with E-state index in [1.54, 1.807) is 24.5 Å². The Morgan fingerprint density at radius 2 is 2.03 bits per heavy atom. The van der Waals surface area contributed by atoms with E-state index in [0.29, 0.717) is 12.6 Å². The molecule has 1 atom stereocenters. The van der Waals surface area contributed by atoms with Crippen molar-refractivity contribution in [3.05, 3.63) is 84.2 Å². The normalized spacial score (nSPS) is 17.2. The van der Waals surface area contributed by atoms with Gasteiger partial charge in [-0.2, -0.15) is 0 Å². The second-order valence-electron chi connectivity index (χ2n) is 7.94. The quantitative estimate of drug-likeness (QED) is 0.435. The molecule has 2 N–H and O–H groups in total. The van der Waals surface area contributed by atoms with Crippen LogP contribution in [0.2, 0.25) is 0 Å². The molecular weight excluding hydrogens is 384 g/mol. The van der Waals surface area contributed by atoms with Gasteiger partial charge in [0.1, 0.15) is 0 Å². The number of nitrogens with zero attached hydrogens (tertiary/aromatic N) is 2. The summed E-state index contributed by atoms with van der Waals surface area (Å²) in [5.41, 5.74) is 2.33. The Hall–Kier alpha value is -3.02. The molecule has 0 spiro atoms. The number of benzene rings is 2. The molecule has 2 heterocycles. The summed E-state index contributed by atoms with van der Waals surface area (Å²) in [5, 5.41) is 9.18. The highest BCUT2D eigenvalue weighted by molar-refractivity contribution is 5.91. The third kappa shape index (κ3) is 5.78. The number of piperazine rings is 1. The van der Waals surface area contributed by atoms with Crippen LogP contribution in [-0.2, 0) is 4.79 Å². The van der Waals surface area contributed by atoms with Gasteiger partial charge in [-0.05, 0) is 53.4 Å². The summed E-state index contributed by atoms with van der Waals surface area (Å²) in [7, 11) is 0. The zero-order valence-electron chi connectivity index (χ0n) is 17.8. The van der Waals surface area contributed by atoms with Gasteiger partial charge < -0.3 is 10.6 Å². The highest BCUT2D eigenvalue weighted by Gasteiger charge is 2.24. The van der Waals surface area contributed by atoms with Crippen molar-refractivity contribution in [2.24, 2.45) is 0 Å². The van der Waals surface area contributed by atoms with E-state index in [1.807, 2.05) is 12.1 Å². The van der Waals surface area contributed by atoms with Crippen LogP contribution in [0, 0.1) is 0 Å². The minimum absolute atomic E-state index is 0.0559. The maximum absolute atomic E-state index is 12.0. The predicted molar refractivity (Wildman–Crippen MR) is 127 cm³/mol. The van der Waals surface area contributed by atoms with Crippen LogP contribution in [0.15, 0.2) is 73.1 Å². The Morgan fingerprint density at radius 1 is 1.13 bits per heavy atom. The first-order valence-corrected chi connectivity index (χ1v) is 11.1. The summed E-state index contributed by atoms with van der Waals surface area (Å²) in [4.78, 5) is 18.6. The van der Waals surface area contributed by atoms with Crippen LogP contribution in [0.5, 0.6) is 0 Å². The summed E-state index contributed by atoms with van der Waals surface area (Å²) in [6.45, 7) is 4.79. The fourth-order valence-electron chi connectivity index (χ4n) is 4.22. The molecule has 4 rings (SSSR count). The summed E-state index contributed by atoms with van der Waals surface area (Å²) < 4.78 is 0. The molecule has 0 bridgehead atoms. The lowest BCUT2D eigenvalue weighted by Crippen LogP contribution is -2.46. The number of carbonyl (C=O) groups is 1. The van der Waals surface area contributed by atoms with Crippen LogP contribution in [0.1, 0.15) is 30.0 Å². The molecule has 1 fully saturated rings. The van der Waals surface area contributed by atoms with E-state index in [4.69, 9.17) is 0 Å². The van der Waals surface area contributed by atoms with Gasteiger partial charge >= 0.3 is 0 Å². The molecule has 1 aromatic heterocycles. The van der Waals surface area contributed by atoms with Crippen molar-refractivity contribution >= 4 is 22.8 Å². The Morgan fingerprint density at radius 3 is 2.94 bits per heavy atom. The molecule has 160 valence electrons. The molecule has 5 heteroatoms. The minimum Gasteiger partial charge on any atom is -0.353 e. The summed E-state index contributed by atoms with van der Waals surface area (Å²) in [6.07, 6.45) is 8.86. The molecule has 0 saturated carbocycles. The smallest absolute Gasteiger partial charge is 0.243 e. The van der Waals surface area contributed by atoms with Crippen LogP contribution in [0.4, 0.5) is 0 Å². The van der Waals surface area contributed by atoms with Crippen LogP contribution in [-0.4, -0.2) is 48.5 Å². The van der Waals surface area contributed by atoms with Crippen molar-refractivity contribution in [1.82, 2.24) is 20.5 Å². The first-order valence-electron chi connectivity index (χ1n) is 11.1. The topological polar surface area (TPSA) is 57.3 Å². The van der Waals surface area contributed by atoms with Gasteiger partial charge in [0.15, 0.2) is 0 Å². The maximum atomic E-state index is 12.0. The standard InChI is InChI=1S/C26H30N4O/c31-26(13-12-21-7-6-14-27-19-21)29-15-3-4-17-30-18-16-28-20-25(30)24-11-5-9-22-8-1-2-10-23(22)24/h1-2,5-14,19,25,28H,3-4,15-18,20H2,(H,29,31)/b13-12-. The SMILES string of the molecule is O=C(/C=C\c1cccnc1)NCCCCN1CCNCC1c1cccc2ccccc12. The number of unbranched alkanes of at least 4 members (excludes halogenated alkanes) is 1. The number of aromatic nitrogens is 1. The van der Waals surface area contributed by atoms with Gasteiger partial charge in [-0.25, -0.2) is 0 Å². The second-order valence-corrected chi connectivity index (χ2v) is 7.94. The fourth-order valence-corrected chi connectivity index (χ4v) is 4.22. The van der Waals surface area contributed by atoms with Gasteiger partial charge in [-0.3, -0.25) is 14.7 Å². The number of hydrogen-bond acceptors (Lipinski definition) is 4. The summed E-state index contributed by atoms with van der Waals surface area (Å²) in [6, 6.07) is 19.4. The van der Waals surface area contributed by atoms with Gasteiger partial charge in [-0.15, -0.1) is 0 Å². The van der Waals surface area contributed by atoms with E-state index < -0.39 is 0 Å². The zero-order valence-corrected chi connectivity index (χ0v) is 17.8. The third-order valence-corrected chi connectivity index (χ3v) is 5.82. The van der Waals surface area contributed by atoms with E-state index in [2.05, 4.69) is 63.0 Å². The van der Waals surface area contributed by atoms with Crippen LogP contribution in [0.3, 0.4) is 0 Å². The Balaban J connectivity index is 1.26. The average molecular weight is 415 g/mol. The van der Waals surface area contributed by atoms with Crippen LogP contribution in [0.25, 0.3) is 16.8 Å². The Labute approximate surface area is 184 Å². The molecule has 0 radical (unpaired) electrons. The summed E-state index contributed by atoms with van der Waals surface area (Å²) in [5.74, 6) is -0.0559. The van der Waals surface area contributed by atoms with Gasteiger partial charge in [0.2, 0.25) is 5.91 Å². The molecule has 1 amide bonds. The molecule has 1 unspecified atom stereocenters.